The normalized spacial score (nSPS) is 25.0. The minimum Gasteiger partial charge on any atom is -0.464 e. The van der Waals surface area contributed by atoms with E-state index in [0.29, 0.717) is 6.61 Å². The predicted molar refractivity (Wildman–Crippen MR) is 118 cm³/mol. The molecule has 6 heteroatoms. The Kier molecular flexibility index (Phi) is 8.20. The second-order valence-electron chi connectivity index (χ2n) is 10.7. The van der Waals surface area contributed by atoms with Crippen LogP contribution in [0.5, 0.6) is 0 Å². The van der Waals surface area contributed by atoms with Gasteiger partial charge >= 0.3 is 0 Å². The summed E-state index contributed by atoms with van der Waals surface area (Å²) in [6.45, 7) is 26.9. The second-order valence-corrected chi connectivity index (χ2v) is 20.3. The van der Waals surface area contributed by atoms with Gasteiger partial charge in [0.2, 0.25) is 6.29 Å². The minimum atomic E-state index is -1.85. The lowest BCUT2D eigenvalue weighted by Gasteiger charge is -2.43. The first-order valence-corrected chi connectivity index (χ1v) is 15.9. The monoisotopic (exact) mass is 414 g/mol. The van der Waals surface area contributed by atoms with Crippen LogP contribution in [0.15, 0.2) is 18.6 Å². The Balaban J connectivity index is 2.84. The molecule has 0 unspecified atom stereocenters. The van der Waals surface area contributed by atoms with Crippen molar-refractivity contribution < 1.29 is 18.3 Å². The van der Waals surface area contributed by atoms with Gasteiger partial charge in [-0.15, -0.1) is 0 Å². The molecule has 0 aromatic carbocycles. The Bertz CT molecular complexity index is 525. The van der Waals surface area contributed by atoms with Gasteiger partial charge in [-0.2, -0.15) is 0 Å². The van der Waals surface area contributed by atoms with E-state index < -0.39 is 16.6 Å². The highest BCUT2D eigenvalue weighted by Gasteiger charge is 2.43. The van der Waals surface area contributed by atoms with E-state index >= 15 is 0 Å². The lowest BCUT2D eigenvalue weighted by atomic mass is 10.1. The van der Waals surface area contributed by atoms with Gasteiger partial charge < -0.3 is 18.3 Å². The van der Waals surface area contributed by atoms with Gasteiger partial charge in [-0.25, -0.2) is 0 Å². The Labute approximate surface area is 169 Å². The third kappa shape index (κ3) is 7.19. The summed E-state index contributed by atoms with van der Waals surface area (Å²) >= 11 is 0. The quantitative estimate of drug-likeness (QED) is 0.281. The first-order valence-electron chi connectivity index (χ1n) is 10.1. The molecule has 27 heavy (non-hydrogen) atoms. The second kappa shape index (κ2) is 8.97. The molecule has 0 aliphatic carbocycles. The molecule has 1 heterocycles. The van der Waals surface area contributed by atoms with E-state index in [2.05, 4.69) is 80.0 Å². The molecule has 0 N–H and O–H groups in total. The summed E-state index contributed by atoms with van der Waals surface area (Å²) < 4.78 is 24.9. The van der Waals surface area contributed by atoms with Crippen molar-refractivity contribution >= 4 is 16.6 Å². The van der Waals surface area contributed by atoms with E-state index in [0.717, 1.165) is 12.8 Å². The molecule has 0 aromatic rings. The van der Waals surface area contributed by atoms with Gasteiger partial charge in [0.15, 0.2) is 16.6 Å². The average Bonchev–Trinajstić information content (AvgIpc) is 2.48. The molecular weight excluding hydrogens is 372 g/mol. The van der Waals surface area contributed by atoms with Crippen molar-refractivity contribution in [1.82, 2.24) is 0 Å². The molecule has 0 bridgehead atoms. The van der Waals surface area contributed by atoms with Gasteiger partial charge in [-0.1, -0.05) is 53.9 Å². The highest BCUT2D eigenvalue weighted by atomic mass is 28.4. The zero-order valence-electron chi connectivity index (χ0n) is 19.3. The summed E-state index contributed by atoms with van der Waals surface area (Å²) in [5, 5.41) is 0.357. The fraction of sp³-hybridized carbons (Fsp3) is 0.857. The van der Waals surface area contributed by atoms with Gasteiger partial charge in [-0.3, -0.25) is 0 Å². The SMILES string of the molecule is C=C=CO[C@@H]1C[C@@H](O[Si](C)(C)C(C)(C)C)C[C@@H](CO[Si](C)(C)C(C)(C)C)O1. The fourth-order valence-electron chi connectivity index (χ4n) is 2.46. The van der Waals surface area contributed by atoms with E-state index in [1.165, 1.54) is 6.26 Å². The van der Waals surface area contributed by atoms with Gasteiger partial charge in [0.25, 0.3) is 0 Å². The summed E-state index contributed by atoms with van der Waals surface area (Å²) in [6, 6.07) is 0. The van der Waals surface area contributed by atoms with Crippen molar-refractivity contribution in [3.63, 3.8) is 0 Å². The van der Waals surface area contributed by atoms with Crippen molar-refractivity contribution in [1.29, 1.82) is 0 Å². The Morgan fingerprint density at radius 2 is 1.56 bits per heavy atom. The minimum absolute atomic E-state index is 0.0224. The maximum absolute atomic E-state index is 6.67. The molecule has 0 amide bonds. The van der Waals surface area contributed by atoms with Crippen molar-refractivity contribution in [3.8, 4) is 0 Å². The summed E-state index contributed by atoms with van der Waals surface area (Å²) in [5.74, 6) is 0. The van der Waals surface area contributed by atoms with E-state index in [1.807, 2.05) is 0 Å². The molecule has 0 spiro atoms. The van der Waals surface area contributed by atoms with E-state index in [-0.39, 0.29) is 28.6 Å². The van der Waals surface area contributed by atoms with Gasteiger partial charge in [0, 0.05) is 12.8 Å². The Hall–Kier alpha value is -0.366. The number of hydrogen-bond acceptors (Lipinski definition) is 4. The molecule has 1 aliphatic heterocycles. The number of rotatable bonds is 7. The van der Waals surface area contributed by atoms with Gasteiger partial charge in [0.1, 0.15) is 6.26 Å². The molecule has 3 atom stereocenters. The molecule has 1 saturated heterocycles. The van der Waals surface area contributed by atoms with Crippen molar-refractivity contribution in [2.45, 2.75) is 109 Å². The lowest BCUT2D eigenvalue weighted by molar-refractivity contribution is -0.197. The summed E-state index contributed by atoms with van der Waals surface area (Å²) in [5.41, 5.74) is 2.66. The van der Waals surface area contributed by atoms with E-state index in [9.17, 15) is 0 Å². The van der Waals surface area contributed by atoms with Gasteiger partial charge in [-0.05, 0) is 36.3 Å². The van der Waals surface area contributed by atoms with E-state index in [4.69, 9.17) is 18.3 Å². The number of hydrogen-bond donors (Lipinski definition) is 0. The zero-order valence-corrected chi connectivity index (χ0v) is 21.3. The third-order valence-corrected chi connectivity index (χ3v) is 15.4. The first kappa shape index (κ1) is 24.7. The molecule has 0 saturated carbocycles. The molecule has 0 aromatic heterocycles. The van der Waals surface area contributed by atoms with Crippen LogP contribution in [-0.2, 0) is 18.3 Å². The van der Waals surface area contributed by atoms with Crippen LogP contribution < -0.4 is 0 Å². The lowest BCUT2D eigenvalue weighted by Crippen LogP contribution is -2.50. The largest absolute Gasteiger partial charge is 0.464 e. The van der Waals surface area contributed by atoms with Crippen LogP contribution in [0.1, 0.15) is 54.4 Å². The standard InChI is InChI=1S/C21H42O4Si2/c1-12-13-22-19-15-17(25-27(10,11)21(5,6)7)14-18(24-19)16-23-26(8,9)20(2,3)4/h13,17-19H,1,14-16H2,2-11H3/t17-,18-,19-/m0/s1. The molecule has 1 rings (SSSR count). The van der Waals surface area contributed by atoms with Crippen LogP contribution in [0.3, 0.4) is 0 Å². The van der Waals surface area contributed by atoms with Crippen molar-refractivity contribution in [2.75, 3.05) is 6.61 Å². The van der Waals surface area contributed by atoms with Crippen LogP contribution >= 0.6 is 0 Å². The zero-order chi connectivity index (χ0) is 21.1. The van der Waals surface area contributed by atoms with Crippen molar-refractivity contribution in [3.05, 3.63) is 18.6 Å². The summed E-state index contributed by atoms with van der Waals surface area (Å²) in [4.78, 5) is 0. The topological polar surface area (TPSA) is 36.9 Å². The predicted octanol–water partition coefficient (Wildman–Crippen LogP) is 6.22. The van der Waals surface area contributed by atoms with E-state index in [1.54, 1.807) is 0 Å². The fourth-order valence-corrected chi connectivity index (χ4v) is 4.87. The highest BCUT2D eigenvalue weighted by molar-refractivity contribution is 6.74. The van der Waals surface area contributed by atoms with Crippen LogP contribution in [0.4, 0.5) is 0 Å². The smallest absolute Gasteiger partial charge is 0.202 e. The molecule has 1 fully saturated rings. The van der Waals surface area contributed by atoms with Gasteiger partial charge in [0.05, 0.1) is 18.8 Å². The van der Waals surface area contributed by atoms with Crippen LogP contribution in [0.25, 0.3) is 0 Å². The maximum atomic E-state index is 6.67. The van der Waals surface area contributed by atoms with Crippen LogP contribution in [0, 0.1) is 0 Å². The van der Waals surface area contributed by atoms with Crippen LogP contribution in [-0.4, -0.2) is 41.7 Å². The summed E-state index contributed by atoms with van der Waals surface area (Å²) in [7, 11) is -3.67. The average molecular weight is 415 g/mol. The molecule has 0 radical (unpaired) electrons. The molecule has 1 aliphatic rings. The Morgan fingerprint density at radius 1 is 1.00 bits per heavy atom. The highest BCUT2D eigenvalue weighted by Crippen LogP contribution is 2.40. The van der Waals surface area contributed by atoms with Crippen LogP contribution in [0.2, 0.25) is 36.3 Å². The summed E-state index contributed by atoms with van der Waals surface area (Å²) in [6.07, 6.45) is 2.81. The molecular formula is C21H42O4Si2. The van der Waals surface area contributed by atoms with Crippen molar-refractivity contribution in [2.24, 2.45) is 0 Å². The molecule has 4 nitrogen and oxygen atoms in total. The third-order valence-electron chi connectivity index (χ3n) is 6.33. The maximum Gasteiger partial charge on any atom is 0.202 e. The first-order chi connectivity index (χ1) is 12.1. The molecule has 158 valence electrons. The Morgan fingerprint density at radius 3 is 2.04 bits per heavy atom. The number of ether oxygens (including phenoxy) is 2.